The Morgan fingerprint density at radius 2 is 1.84 bits per heavy atom. The minimum Gasteiger partial charge on any atom is -0.379 e. The Kier molecular flexibility index (Phi) is 6.09. The van der Waals surface area contributed by atoms with Crippen LogP contribution in [0.15, 0.2) is 48.8 Å². The summed E-state index contributed by atoms with van der Waals surface area (Å²) in [5.41, 5.74) is 1.92. The first-order valence-electron chi connectivity index (χ1n) is 8.45. The molecule has 6 heteroatoms. The molecule has 5 nitrogen and oxygen atoms in total. The van der Waals surface area contributed by atoms with Crippen LogP contribution >= 0.6 is 0 Å². The van der Waals surface area contributed by atoms with Crippen LogP contribution in [0.1, 0.15) is 17.2 Å². The topological polar surface area (TPSA) is 54.5 Å². The van der Waals surface area contributed by atoms with Gasteiger partial charge in [-0.25, -0.2) is 4.39 Å². The second-order valence-electron chi connectivity index (χ2n) is 6.05. The fourth-order valence-electron chi connectivity index (χ4n) is 2.99. The highest BCUT2D eigenvalue weighted by Crippen LogP contribution is 2.20. The third-order valence-electron chi connectivity index (χ3n) is 4.35. The number of amides is 1. The number of aromatic nitrogens is 1. The lowest BCUT2D eigenvalue weighted by atomic mass is 10.1. The third-order valence-corrected chi connectivity index (χ3v) is 4.35. The van der Waals surface area contributed by atoms with Gasteiger partial charge in [0.25, 0.3) is 0 Å². The van der Waals surface area contributed by atoms with Gasteiger partial charge in [0.2, 0.25) is 5.91 Å². The number of rotatable bonds is 6. The van der Waals surface area contributed by atoms with Crippen LogP contribution in [0, 0.1) is 5.82 Å². The Balaban J connectivity index is 1.61. The Hall–Kier alpha value is -2.31. The van der Waals surface area contributed by atoms with E-state index in [1.165, 1.54) is 12.1 Å². The minimum absolute atomic E-state index is 0.0704. The zero-order valence-electron chi connectivity index (χ0n) is 14.0. The van der Waals surface area contributed by atoms with Crippen LogP contribution < -0.4 is 5.32 Å². The normalized spacial score (nSPS) is 16.4. The predicted octanol–water partition coefficient (Wildman–Crippen LogP) is 1.95. The van der Waals surface area contributed by atoms with E-state index in [4.69, 9.17) is 4.74 Å². The van der Waals surface area contributed by atoms with Gasteiger partial charge >= 0.3 is 0 Å². The summed E-state index contributed by atoms with van der Waals surface area (Å²) in [6.07, 6.45) is 3.78. The van der Waals surface area contributed by atoms with Crippen molar-refractivity contribution in [1.29, 1.82) is 0 Å². The summed E-state index contributed by atoms with van der Waals surface area (Å²) in [5.74, 6) is -0.367. The van der Waals surface area contributed by atoms with Crippen molar-refractivity contribution in [3.63, 3.8) is 0 Å². The van der Waals surface area contributed by atoms with Crippen LogP contribution in [0.5, 0.6) is 0 Å². The number of benzene rings is 1. The molecular formula is C19H22FN3O2. The molecule has 3 rings (SSSR count). The van der Waals surface area contributed by atoms with E-state index in [1.54, 1.807) is 24.5 Å². The first-order chi connectivity index (χ1) is 12.2. The fourth-order valence-corrected chi connectivity index (χ4v) is 2.99. The molecule has 1 saturated heterocycles. The molecule has 2 aromatic rings. The lowest BCUT2D eigenvalue weighted by Crippen LogP contribution is -2.44. The van der Waals surface area contributed by atoms with E-state index in [0.717, 1.165) is 24.2 Å². The molecule has 0 bridgehead atoms. The van der Waals surface area contributed by atoms with Gasteiger partial charge in [0.05, 0.1) is 25.7 Å². The Morgan fingerprint density at radius 1 is 1.16 bits per heavy atom. The van der Waals surface area contributed by atoms with Gasteiger partial charge in [0.15, 0.2) is 0 Å². The van der Waals surface area contributed by atoms with Crippen molar-refractivity contribution in [2.45, 2.75) is 12.5 Å². The van der Waals surface area contributed by atoms with Crippen LogP contribution in [0.2, 0.25) is 0 Å². The fraction of sp³-hybridized carbons (Fsp3) is 0.368. The number of nitrogens with one attached hydrogen (secondary N) is 1. The lowest BCUT2D eigenvalue weighted by Gasteiger charge is -2.34. The monoisotopic (exact) mass is 343 g/mol. The summed E-state index contributed by atoms with van der Waals surface area (Å²) in [5, 5.41) is 3.01. The van der Waals surface area contributed by atoms with E-state index < -0.39 is 0 Å². The summed E-state index contributed by atoms with van der Waals surface area (Å²) in [6.45, 7) is 3.59. The van der Waals surface area contributed by atoms with Gasteiger partial charge < -0.3 is 10.1 Å². The smallest absolute Gasteiger partial charge is 0.224 e. The third kappa shape index (κ3) is 5.08. The molecule has 1 atom stereocenters. The van der Waals surface area contributed by atoms with E-state index in [9.17, 15) is 9.18 Å². The van der Waals surface area contributed by atoms with Gasteiger partial charge in [0.1, 0.15) is 5.82 Å². The highest BCUT2D eigenvalue weighted by molar-refractivity contribution is 5.78. The van der Waals surface area contributed by atoms with E-state index in [0.29, 0.717) is 19.8 Å². The number of halogens is 1. The second-order valence-corrected chi connectivity index (χ2v) is 6.05. The van der Waals surface area contributed by atoms with Crippen molar-refractivity contribution in [1.82, 2.24) is 15.2 Å². The molecule has 25 heavy (non-hydrogen) atoms. The van der Waals surface area contributed by atoms with Gasteiger partial charge in [-0.1, -0.05) is 12.1 Å². The molecule has 0 radical (unpaired) electrons. The van der Waals surface area contributed by atoms with Crippen molar-refractivity contribution in [3.05, 3.63) is 65.7 Å². The summed E-state index contributed by atoms with van der Waals surface area (Å²) in [4.78, 5) is 18.6. The maximum absolute atomic E-state index is 13.0. The second kappa shape index (κ2) is 8.69. The number of morpholine rings is 1. The van der Waals surface area contributed by atoms with Crippen molar-refractivity contribution >= 4 is 5.91 Å². The highest BCUT2D eigenvalue weighted by Gasteiger charge is 2.23. The van der Waals surface area contributed by atoms with Crippen LogP contribution in [-0.2, 0) is 16.0 Å². The van der Waals surface area contributed by atoms with Gasteiger partial charge in [-0.2, -0.15) is 0 Å². The van der Waals surface area contributed by atoms with E-state index >= 15 is 0 Å². The van der Waals surface area contributed by atoms with Crippen molar-refractivity contribution < 1.29 is 13.9 Å². The molecule has 1 aromatic heterocycles. The first kappa shape index (κ1) is 17.5. The molecule has 132 valence electrons. The summed E-state index contributed by atoms with van der Waals surface area (Å²) >= 11 is 0. The zero-order chi connectivity index (χ0) is 17.5. The number of hydrogen-bond donors (Lipinski definition) is 1. The highest BCUT2D eigenvalue weighted by atomic mass is 19.1. The number of ether oxygens (including phenoxy) is 1. The van der Waals surface area contributed by atoms with E-state index in [2.05, 4.69) is 15.2 Å². The maximum Gasteiger partial charge on any atom is 0.224 e. The number of carbonyl (C=O) groups is 1. The summed E-state index contributed by atoms with van der Waals surface area (Å²) < 4.78 is 18.4. The molecular weight excluding hydrogens is 321 g/mol. The predicted molar refractivity (Wildman–Crippen MR) is 92.5 cm³/mol. The first-order valence-corrected chi connectivity index (χ1v) is 8.45. The van der Waals surface area contributed by atoms with E-state index in [1.807, 2.05) is 12.1 Å². The Labute approximate surface area is 146 Å². The van der Waals surface area contributed by atoms with Crippen molar-refractivity contribution in [3.8, 4) is 0 Å². The largest absolute Gasteiger partial charge is 0.379 e. The maximum atomic E-state index is 13.0. The van der Waals surface area contributed by atoms with Gasteiger partial charge in [-0.05, 0) is 35.4 Å². The van der Waals surface area contributed by atoms with Crippen LogP contribution in [-0.4, -0.2) is 48.6 Å². The number of hydrogen-bond acceptors (Lipinski definition) is 4. The average molecular weight is 343 g/mol. The molecule has 1 fully saturated rings. The minimum atomic E-state index is -0.297. The Morgan fingerprint density at radius 3 is 2.52 bits per heavy atom. The molecule has 2 heterocycles. The van der Waals surface area contributed by atoms with Crippen LogP contribution in [0.4, 0.5) is 4.39 Å². The summed E-state index contributed by atoms with van der Waals surface area (Å²) in [6, 6.07) is 10.1. The van der Waals surface area contributed by atoms with Gasteiger partial charge in [0, 0.05) is 32.0 Å². The number of carbonyl (C=O) groups excluding carboxylic acids is 1. The zero-order valence-corrected chi connectivity index (χ0v) is 14.0. The summed E-state index contributed by atoms with van der Waals surface area (Å²) in [7, 11) is 0. The molecule has 1 aromatic carbocycles. The molecule has 1 aliphatic rings. The lowest BCUT2D eigenvalue weighted by molar-refractivity contribution is -0.120. The molecule has 0 unspecified atom stereocenters. The van der Waals surface area contributed by atoms with Gasteiger partial charge in [-0.15, -0.1) is 0 Å². The average Bonchev–Trinajstić information content (AvgIpc) is 2.66. The van der Waals surface area contributed by atoms with Gasteiger partial charge in [-0.3, -0.25) is 14.7 Å². The van der Waals surface area contributed by atoms with Crippen molar-refractivity contribution in [2.75, 3.05) is 32.8 Å². The number of pyridine rings is 1. The number of nitrogens with zero attached hydrogens (tertiary/aromatic N) is 2. The SMILES string of the molecule is O=C(Cc1ccc(F)cc1)NC[C@@H](c1ccncc1)N1CCOCC1. The van der Waals surface area contributed by atoms with Crippen molar-refractivity contribution in [2.24, 2.45) is 0 Å². The molecule has 0 aliphatic carbocycles. The molecule has 0 saturated carbocycles. The molecule has 1 amide bonds. The van der Waals surface area contributed by atoms with Crippen LogP contribution in [0.25, 0.3) is 0 Å². The van der Waals surface area contributed by atoms with Crippen LogP contribution in [0.3, 0.4) is 0 Å². The van der Waals surface area contributed by atoms with E-state index in [-0.39, 0.29) is 24.2 Å². The standard InChI is InChI=1S/C19H22FN3O2/c20-17-3-1-15(2-4-17)13-19(24)22-14-18(16-5-7-21-8-6-16)23-9-11-25-12-10-23/h1-8,18H,9-14H2,(H,22,24)/t18-/m0/s1. The Bertz CT molecular complexity index is 673. The molecule has 1 aliphatic heterocycles. The molecule has 0 spiro atoms. The molecule has 1 N–H and O–H groups in total. The quantitative estimate of drug-likeness (QED) is 0.871.